The second-order valence-corrected chi connectivity index (χ2v) is 5.93. The van der Waals surface area contributed by atoms with Gasteiger partial charge in [0.1, 0.15) is 5.75 Å². The summed E-state index contributed by atoms with van der Waals surface area (Å²) in [5, 5.41) is 1.06. The number of amides is 1. The molecule has 0 saturated carbocycles. The van der Waals surface area contributed by atoms with E-state index in [4.69, 9.17) is 4.74 Å². The number of aromatic nitrogens is 1. The molecule has 3 rings (SSSR count). The van der Waals surface area contributed by atoms with Gasteiger partial charge >= 0.3 is 0 Å². The maximum absolute atomic E-state index is 12.8. The van der Waals surface area contributed by atoms with Crippen LogP contribution < -0.4 is 4.74 Å². The predicted octanol–water partition coefficient (Wildman–Crippen LogP) is 3.83. The van der Waals surface area contributed by atoms with Crippen LogP contribution in [0.5, 0.6) is 5.75 Å². The lowest BCUT2D eigenvalue weighted by atomic mass is 10.1. The summed E-state index contributed by atoms with van der Waals surface area (Å²) in [6, 6.07) is 17.7. The number of pyridine rings is 1. The Morgan fingerprint density at radius 3 is 2.56 bits per heavy atom. The molecule has 0 spiro atoms. The highest BCUT2D eigenvalue weighted by molar-refractivity contribution is 5.87. The third kappa shape index (κ3) is 3.97. The fraction of sp³-hybridized carbons (Fsp3) is 0.238. The molecule has 4 heteroatoms. The molecule has 25 heavy (non-hydrogen) atoms. The third-order valence-electron chi connectivity index (χ3n) is 4.32. The van der Waals surface area contributed by atoms with Crippen LogP contribution >= 0.6 is 0 Å². The van der Waals surface area contributed by atoms with Crippen molar-refractivity contribution in [3.63, 3.8) is 0 Å². The fourth-order valence-corrected chi connectivity index (χ4v) is 2.91. The number of benzene rings is 2. The van der Waals surface area contributed by atoms with Crippen molar-refractivity contribution in [1.82, 2.24) is 9.88 Å². The average molecular weight is 334 g/mol. The molecule has 1 aromatic heterocycles. The molecule has 0 fully saturated rings. The molecular weight excluding hydrogens is 312 g/mol. The van der Waals surface area contributed by atoms with E-state index in [9.17, 15) is 4.79 Å². The predicted molar refractivity (Wildman–Crippen MR) is 99.5 cm³/mol. The lowest BCUT2D eigenvalue weighted by molar-refractivity contribution is -0.130. The molecule has 0 aliphatic rings. The Morgan fingerprint density at radius 2 is 1.84 bits per heavy atom. The smallest absolute Gasteiger partial charge is 0.227 e. The number of rotatable bonds is 6. The summed E-state index contributed by atoms with van der Waals surface area (Å²) >= 11 is 0. The van der Waals surface area contributed by atoms with Crippen molar-refractivity contribution in [3.8, 4) is 5.75 Å². The molecule has 3 aromatic rings. The number of hydrogen-bond acceptors (Lipinski definition) is 3. The van der Waals surface area contributed by atoms with Crippen molar-refractivity contribution in [2.45, 2.75) is 19.9 Å². The Kier molecular flexibility index (Phi) is 5.29. The number of methoxy groups -OCH3 is 1. The summed E-state index contributed by atoms with van der Waals surface area (Å²) in [6.45, 7) is 3.27. The average Bonchev–Trinajstić information content (AvgIpc) is 2.66. The molecule has 0 aliphatic carbocycles. The summed E-state index contributed by atoms with van der Waals surface area (Å²) in [4.78, 5) is 19.1. The van der Waals surface area contributed by atoms with Crippen molar-refractivity contribution >= 4 is 16.8 Å². The first kappa shape index (κ1) is 17.0. The Labute approximate surface area is 148 Å². The molecule has 0 aliphatic heterocycles. The maximum atomic E-state index is 12.8. The Hall–Kier alpha value is -2.88. The van der Waals surface area contributed by atoms with Crippen LogP contribution in [0.3, 0.4) is 0 Å². The highest BCUT2D eigenvalue weighted by Crippen LogP contribution is 2.18. The van der Waals surface area contributed by atoms with E-state index >= 15 is 0 Å². The van der Waals surface area contributed by atoms with Crippen LogP contribution in [0, 0.1) is 0 Å². The molecule has 1 heterocycles. The number of carbonyl (C=O) groups excluding carboxylic acids is 1. The monoisotopic (exact) mass is 334 g/mol. The van der Waals surface area contributed by atoms with E-state index in [1.807, 2.05) is 66.4 Å². The van der Waals surface area contributed by atoms with Crippen LogP contribution in [0.1, 0.15) is 18.1 Å². The minimum Gasteiger partial charge on any atom is -0.497 e. The van der Waals surface area contributed by atoms with Crippen LogP contribution in [0.15, 0.2) is 60.8 Å². The molecule has 2 aromatic carbocycles. The molecule has 0 N–H and O–H groups in total. The standard InChI is InChI=1S/C21H22N2O2/c1-3-23(15-16-9-11-19(25-2)12-10-16)20(24)14-18-7-4-6-17-8-5-13-22-21(17)18/h4-13H,3,14-15H2,1-2H3. The molecular formula is C21H22N2O2. The number of ether oxygens (including phenoxy) is 1. The van der Waals surface area contributed by atoms with E-state index in [0.29, 0.717) is 19.5 Å². The third-order valence-corrected chi connectivity index (χ3v) is 4.32. The molecule has 0 unspecified atom stereocenters. The molecule has 0 bridgehead atoms. The van der Waals surface area contributed by atoms with Gasteiger partial charge in [0.25, 0.3) is 0 Å². The van der Waals surface area contributed by atoms with E-state index in [2.05, 4.69) is 4.98 Å². The highest BCUT2D eigenvalue weighted by Gasteiger charge is 2.15. The molecule has 4 nitrogen and oxygen atoms in total. The van der Waals surface area contributed by atoms with Gasteiger partial charge in [0.2, 0.25) is 5.91 Å². The second-order valence-electron chi connectivity index (χ2n) is 5.93. The van der Waals surface area contributed by atoms with Crippen LogP contribution in [0.2, 0.25) is 0 Å². The van der Waals surface area contributed by atoms with Crippen molar-refractivity contribution in [3.05, 3.63) is 71.9 Å². The van der Waals surface area contributed by atoms with Gasteiger partial charge < -0.3 is 9.64 Å². The maximum Gasteiger partial charge on any atom is 0.227 e. The molecule has 1 amide bonds. The van der Waals surface area contributed by atoms with Gasteiger partial charge in [-0.05, 0) is 36.2 Å². The van der Waals surface area contributed by atoms with Gasteiger partial charge in [-0.2, -0.15) is 0 Å². The second kappa shape index (κ2) is 7.79. The van der Waals surface area contributed by atoms with Crippen molar-refractivity contribution < 1.29 is 9.53 Å². The van der Waals surface area contributed by atoms with Crippen LogP contribution in [0.25, 0.3) is 10.9 Å². The summed E-state index contributed by atoms with van der Waals surface area (Å²) in [6.07, 6.45) is 2.13. The topological polar surface area (TPSA) is 42.4 Å². The van der Waals surface area contributed by atoms with Gasteiger partial charge in [0.05, 0.1) is 19.0 Å². The summed E-state index contributed by atoms with van der Waals surface area (Å²) < 4.78 is 5.18. The SMILES string of the molecule is CCN(Cc1ccc(OC)cc1)C(=O)Cc1cccc2cccnc12. The van der Waals surface area contributed by atoms with Gasteiger partial charge in [-0.25, -0.2) is 0 Å². The summed E-state index contributed by atoms with van der Waals surface area (Å²) in [5.74, 6) is 0.927. The van der Waals surface area contributed by atoms with Crippen molar-refractivity contribution in [2.24, 2.45) is 0 Å². The van der Waals surface area contributed by atoms with E-state index < -0.39 is 0 Å². The van der Waals surface area contributed by atoms with Crippen LogP contribution in [-0.2, 0) is 17.8 Å². The minimum atomic E-state index is 0.108. The van der Waals surface area contributed by atoms with Crippen LogP contribution in [0.4, 0.5) is 0 Å². The van der Waals surface area contributed by atoms with Gasteiger partial charge in [-0.15, -0.1) is 0 Å². The number of para-hydroxylation sites is 1. The lowest BCUT2D eigenvalue weighted by Crippen LogP contribution is -2.31. The first-order valence-corrected chi connectivity index (χ1v) is 8.44. The molecule has 0 atom stereocenters. The Bertz CT molecular complexity index is 854. The first-order chi connectivity index (χ1) is 12.2. The quantitative estimate of drug-likeness (QED) is 0.688. The zero-order chi connectivity index (χ0) is 17.6. The first-order valence-electron chi connectivity index (χ1n) is 8.44. The summed E-state index contributed by atoms with van der Waals surface area (Å²) in [5.41, 5.74) is 2.96. The lowest BCUT2D eigenvalue weighted by Gasteiger charge is -2.21. The minimum absolute atomic E-state index is 0.108. The van der Waals surface area contributed by atoms with E-state index in [-0.39, 0.29) is 5.91 Å². The van der Waals surface area contributed by atoms with E-state index in [0.717, 1.165) is 27.8 Å². The molecule has 0 radical (unpaired) electrons. The Balaban J connectivity index is 1.75. The zero-order valence-electron chi connectivity index (χ0n) is 14.6. The number of fused-ring (bicyclic) bond motifs is 1. The number of hydrogen-bond donors (Lipinski definition) is 0. The molecule has 0 saturated heterocycles. The van der Waals surface area contributed by atoms with Crippen molar-refractivity contribution in [1.29, 1.82) is 0 Å². The molecule has 128 valence electrons. The van der Waals surface area contributed by atoms with Gasteiger partial charge in [0.15, 0.2) is 0 Å². The van der Waals surface area contributed by atoms with Gasteiger partial charge in [-0.3, -0.25) is 9.78 Å². The van der Waals surface area contributed by atoms with E-state index in [1.54, 1.807) is 13.3 Å². The number of carbonyl (C=O) groups is 1. The van der Waals surface area contributed by atoms with Crippen molar-refractivity contribution in [2.75, 3.05) is 13.7 Å². The Morgan fingerprint density at radius 1 is 1.08 bits per heavy atom. The largest absolute Gasteiger partial charge is 0.497 e. The highest BCUT2D eigenvalue weighted by atomic mass is 16.5. The zero-order valence-corrected chi connectivity index (χ0v) is 14.6. The van der Waals surface area contributed by atoms with Gasteiger partial charge in [0, 0.05) is 24.7 Å². The normalized spacial score (nSPS) is 10.6. The fourth-order valence-electron chi connectivity index (χ4n) is 2.91. The van der Waals surface area contributed by atoms with Gasteiger partial charge in [-0.1, -0.05) is 36.4 Å². The number of likely N-dealkylation sites (N-methyl/N-ethyl adjacent to an activating group) is 1. The van der Waals surface area contributed by atoms with E-state index in [1.165, 1.54) is 0 Å². The number of nitrogens with zero attached hydrogens (tertiary/aromatic N) is 2. The summed E-state index contributed by atoms with van der Waals surface area (Å²) in [7, 11) is 1.65. The van der Waals surface area contributed by atoms with Crippen LogP contribution in [-0.4, -0.2) is 29.4 Å².